The maximum atomic E-state index is 6.07. The molecule has 132 valence electrons. The molecular weight excluding hydrogens is 340 g/mol. The minimum atomic E-state index is 0.938. The second kappa shape index (κ2) is 5.71. The van der Waals surface area contributed by atoms with Crippen LogP contribution in [0.4, 0.5) is 0 Å². The first-order chi connectivity index (χ1) is 13.8. The largest absolute Gasteiger partial charge is 0.456 e. The number of rotatable bonds is 1. The number of furan rings is 1. The number of para-hydroxylation sites is 1. The van der Waals surface area contributed by atoms with Crippen LogP contribution in [-0.4, -0.2) is 0 Å². The van der Waals surface area contributed by atoms with Gasteiger partial charge in [0, 0.05) is 10.8 Å². The van der Waals surface area contributed by atoms with Crippen molar-refractivity contribution in [1.29, 1.82) is 0 Å². The second-order valence-electron chi connectivity index (χ2n) is 7.54. The monoisotopic (exact) mass is 358 g/mol. The van der Waals surface area contributed by atoms with Crippen LogP contribution in [0.1, 0.15) is 5.56 Å². The van der Waals surface area contributed by atoms with Crippen molar-refractivity contribution in [2.24, 2.45) is 0 Å². The van der Waals surface area contributed by atoms with E-state index >= 15 is 0 Å². The Morgan fingerprint density at radius 3 is 2.00 bits per heavy atom. The Hall–Kier alpha value is -3.58. The van der Waals surface area contributed by atoms with E-state index in [1.165, 1.54) is 49.0 Å². The van der Waals surface area contributed by atoms with Gasteiger partial charge in [0.05, 0.1) is 0 Å². The summed E-state index contributed by atoms with van der Waals surface area (Å²) in [5.41, 5.74) is 5.56. The van der Waals surface area contributed by atoms with Crippen LogP contribution in [-0.2, 0) is 0 Å². The Kier molecular flexibility index (Phi) is 3.15. The van der Waals surface area contributed by atoms with Gasteiger partial charge in [-0.2, -0.15) is 0 Å². The molecule has 1 aromatic heterocycles. The first-order valence-corrected chi connectivity index (χ1v) is 9.61. The minimum absolute atomic E-state index is 0.938. The molecule has 6 aromatic rings. The van der Waals surface area contributed by atoms with E-state index in [0.29, 0.717) is 0 Å². The van der Waals surface area contributed by atoms with E-state index in [2.05, 4.69) is 85.8 Å². The molecule has 1 heteroatoms. The lowest BCUT2D eigenvalue weighted by molar-refractivity contribution is 0.669. The highest BCUT2D eigenvalue weighted by Gasteiger charge is 2.09. The van der Waals surface area contributed by atoms with Crippen molar-refractivity contribution in [3.63, 3.8) is 0 Å². The summed E-state index contributed by atoms with van der Waals surface area (Å²) in [5.74, 6) is 0. The van der Waals surface area contributed by atoms with Crippen LogP contribution in [0.2, 0.25) is 0 Å². The maximum Gasteiger partial charge on any atom is 0.136 e. The number of hydrogen-bond donors (Lipinski definition) is 0. The summed E-state index contributed by atoms with van der Waals surface area (Å²) < 4.78 is 6.07. The first kappa shape index (κ1) is 15.5. The topological polar surface area (TPSA) is 13.1 Å². The summed E-state index contributed by atoms with van der Waals surface area (Å²) in [7, 11) is 0. The molecule has 0 bridgehead atoms. The summed E-state index contributed by atoms with van der Waals surface area (Å²) in [5, 5.41) is 7.50. The van der Waals surface area contributed by atoms with Crippen molar-refractivity contribution in [2.45, 2.75) is 6.92 Å². The Labute approximate surface area is 162 Å². The fourth-order valence-electron chi connectivity index (χ4n) is 4.28. The van der Waals surface area contributed by atoms with Crippen LogP contribution in [0.3, 0.4) is 0 Å². The van der Waals surface area contributed by atoms with Gasteiger partial charge in [0.2, 0.25) is 0 Å². The molecule has 6 rings (SSSR count). The Morgan fingerprint density at radius 2 is 1.14 bits per heavy atom. The van der Waals surface area contributed by atoms with Crippen molar-refractivity contribution in [1.82, 2.24) is 0 Å². The predicted molar refractivity (Wildman–Crippen MR) is 119 cm³/mol. The fourth-order valence-corrected chi connectivity index (χ4v) is 4.28. The zero-order valence-corrected chi connectivity index (χ0v) is 15.6. The standard InChI is InChI=1S/C27H18O/c1-17-6-11-22-20(14-17)7-8-21-15-18(9-12-23(21)22)19-10-13-25-24-4-2-3-5-26(24)28-27(25)16-19/h2-16H,1H3. The van der Waals surface area contributed by atoms with E-state index in [1.54, 1.807) is 0 Å². The average Bonchev–Trinajstić information content (AvgIpc) is 3.10. The Balaban J connectivity index is 1.54. The molecule has 0 saturated heterocycles. The third-order valence-electron chi connectivity index (χ3n) is 5.70. The molecule has 0 aliphatic rings. The number of fused-ring (bicyclic) bond motifs is 6. The molecule has 0 radical (unpaired) electrons. The van der Waals surface area contributed by atoms with E-state index in [0.717, 1.165) is 11.2 Å². The van der Waals surface area contributed by atoms with Crippen LogP contribution in [0.15, 0.2) is 95.4 Å². The molecule has 0 N–H and O–H groups in total. The molecule has 0 aliphatic carbocycles. The lowest BCUT2D eigenvalue weighted by Gasteiger charge is -2.08. The lowest BCUT2D eigenvalue weighted by Crippen LogP contribution is -1.82. The van der Waals surface area contributed by atoms with Gasteiger partial charge in [-0.3, -0.25) is 0 Å². The van der Waals surface area contributed by atoms with Gasteiger partial charge in [-0.05, 0) is 63.9 Å². The van der Waals surface area contributed by atoms with Gasteiger partial charge in [0.15, 0.2) is 0 Å². The highest BCUT2D eigenvalue weighted by molar-refractivity contribution is 6.09. The highest BCUT2D eigenvalue weighted by atomic mass is 16.3. The summed E-state index contributed by atoms with van der Waals surface area (Å²) >= 11 is 0. The third-order valence-corrected chi connectivity index (χ3v) is 5.70. The number of benzene rings is 5. The maximum absolute atomic E-state index is 6.07. The van der Waals surface area contributed by atoms with Crippen molar-refractivity contribution >= 4 is 43.5 Å². The van der Waals surface area contributed by atoms with Gasteiger partial charge in [0.1, 0.15) is 11.2 Å². The molecule has 1 nitrogen and oxygen atoms in total. The second-order valence-corrected chi connectivity index (χ2v) is 7.54. The van der Waals surface area contributed by atoms with Gasteiger partial charge in [-0.1, -0.05) is 72.3 Å². The predicted octanol–water partition coefficient (Wildman–Crippen LogP) is 7.87. The normalized spacial score (nSPS) is 11.8. The van der Waals surface area contributed by atoms with Crippen LogP contribution >= 0.6 is 0 Å². The smallest absolute Gasteiger partial charge is 0.136 e. The van der Waals surface area contributed by atoms with Crippen molar-refractivity contribution in [3.05, 3.63) is 96.6 Å². The molecule has 0 atom stereocenters. The molecule has 0 unspecified atom stereocenters. The molecule has 1 heterocycles. The molecule has 28 heavy (non-hydrogen) atoms. The molecular formula is C27H18O. The number of aryl methyl sites for hydroxylation is 1. The van der Waals surface area contributed by atoms with Gasteiger partial charge in [0.25, 0.3) is 0 Å². The quantitative estimate of drug-likeness (QED) is 0.273. The number of hydrogen-bond acceptors (Lipinski definition) is 1. The molecule has 0 aliphatic heterocycles. The SMILES string of the molecule is Cc1ccc2c(ccc3cc(-c4ccc5c(c4)oc4ccccc45)ccc32)c1. The van der Waals surface area contributed by atoms with Gasteiger partial charge in [-0.25, -0.2) is 0 Å². The first-order valence-electron chi connectivity index (χ1n) is 9.61. The third kappa shape index (κ3) is 2.26. The summed E-state index contributed by atoms with van der Waals surface area (Å²) in [6, 6.07) is 32.6. The summed E-state index contributed by atoms with van der Waals surface area (Å²) in [6.45, 7) is 2.14. The summed E-state index contributed by atoms with van der Waals surface area (Å²) in [6.07, 6.45) is 0. The van der Waals surface area contributed by atoms with E-state index in [9.17, 15) is 0 Å². The lowest BCUT2D eigenvalue weighted by atomic mass is 9.96. The molecule has 0 saturated carbocycles. The zero-order chi connectivity index (χ0) is 18.7. The van der Waals surface area contributed by atoms with Crippen molar-refractivity contribution < 1.29 is 4.42 Å². The molecule has 0 amide bonds. The fraction of sp³-hybridized carbons (Fsp3) is 0.0370. The van der Waals surface area contributed by atoms with Crippen LogP contribution in [0.25, 0.3) is 54.6 Å². The zero-order valence-electron chi connectivity index (χ0n) is 15.6. The minimum Gasteiger partial charge on any atom is -0.456 e. The van der Waals surface area contributed by atoms with Crippen LogP contribution in [0.5, 0.6) is 0 Å². The van der Waals surface area contributed by atoms with E-state index < -0.39 is 0 Å². The molecule has 5 aromatic carbocycles. The van der Waals surface area contributed by atoms with Gasteiger partial charge < -0.3 is 4.42 Å². The van der Waals surface area contributed by atoms with Gasteiger partial charge in [-0.15, -0.1) is 0 Å². The van der Waals surface area contributed by atoms with E-state index in [4.69, 9.17) is 4.42 Å². The van der Waals surface area contributed by atoms with E-state index in [1.807, 2.05) is 12.1 Å². The van der Waals surface area contributed by atoms with Crippen LogP contribution in [0, 0.1) is 6.92 Å². The molecule has 0 fully saturated rings. The Morgan fingerprint density at radius 1 is 0.500 bits per heavy atom. The van der Waals surface area contributed by atoms with Crippen molar-refractivity contribution in [2.75, 3.05) is 0 Å². The average molecular weight is 358 g/mol. The molecule has 0 spiro atoms. The highest BCUT2D eigenvalue weighted by Crippen LogP contribution is 2.34. The van der Waals surface area contributed by atoms with Gasteiger partial charge >= 0.3 is 0 Å². The van der Waals surface area contributed by atoms with Crippen molar-refractivity contribution in [3.8, 4) is 11.1 Å². The Bertz CT molecular complexity index is 1520. The summed E-state index contributed by atoms with van der Waals surface area (Å²) in [4.78, 5) is 0. The van der Waals surface area contributed by atoms with Crippen LogP contribution < -0.4 is 0 Å². The van der Waals surface area contributed by atoms with E-state index in [-0.39, 0.29) is 0 Å².